The van der Waals surface area contributed by atoms with Crippen LogP contribution in [0.2, 0.25) is 0 Å². The van der Waals surface area contributed by atoms with Crippen molar-refractivity contribution < 1.29 is 9.53 Å². The van der Waals surface area contributed by atoms with Gasteiger partial charge in [0, 0.05) is 0 Å². The number of benzene rings is 1. The van der Waals surface area contributed by atoms with Crippen molar-refractivity contribution in [3.63, 3.8) is 0 Å². The molecule has 0 saturated heterocycles. The predicted molar refractivity (Wildman–Crippen MR) is 112 cm³/mol. The summed E-state index contributed by atoms with van der Waals surface area (Å²) in [5.74, 6) is 0.795. The van der Waals surface area contributed by atoms with Crippen LogP contribution in [0.1, 0.15) is 48.5 Å². The molecule has 2 nitrogen and oxygen atoms in total. The average molecular weight is 428 g/mol. The summed E-state index contributed by atoms with van der Waals surface area (Å²) < 4.78 is 8.73. The number of hydrogen-bond donors (Lipinski definition) is 0. The van der Waals surface area contributed by atoms with Gasteiger partial charge in [-0.05, 0) is 0 Å². The summed E-state index contributed by atoms with van der Waals surface area (Å²) in [6.45, 7) is 15.3. The fourth-order valence-corrected chi connectivity index (χ4v) is 6.23. The molecule has 0 amide bonds. The van der Waals surface area contributed by atoms with E-state index in [1.807, 2.05) is 33.8 Å². The Morgan fingerprint density at radius 2 is 1.76 bits per heavy atom. The van der Waals surface area contributed by atoms with Crippen molar-refractivity contribution in [3.8, 4) is 0 Å². The first-order chi connectivity index (χ1) is 11.6. The second kappa shape index (κ2) is 9.97. The Balaban J connectivity index is 3.30. The monoisotopic (exact) mass is 428 g/mol. The summed E-state index contributed by atoms with van der Waals surface area (Å²) in [5.41, 5.74) is -0.511. The Hall–Kier alpha value is -0.541. The average Bonchev–Trinajstić information content (AvgIpc) is 2.51. The van der Waals surface area contributed by atoms with E-state index < -0.39 is 5.41 Å². The van der Waals surface area contributed by atoms with Crippen molar-refractivity contribution in [1.82, 2.24) is 0 Å². The van der Waals surface area contributed by atoms with Crippen LogP contribution >= 0.6 is 11.8 Å². The molecule has 0 aliphatic carbocycles. The number of ether oxygens (including phenoxy) is 1. The Morgan fingerprint density at radius 1 is 1.16 bits per heavy atom. The SMILES string of the molecule is CCOC(/C(=C/C(C)(C)C)[Se]c1ccccc1)C(C)(C)C(=O)SCC. The van der Waals surface area contributed by atoms with Crippen molar-refractivity contribution in [2.24, 2.45) is 10.8 Å². The molecular weight excluding hydrogens is 395 g/mol. The van der Waals surface area contributed by atoms with Crippen LogP contribution in [0.5, 0.6) is 0 Å². The van der Waals surface area contributed by atoms with E-state index in [2.05, 4.69) is 51.1 Å². The summed E-state index contributed by atoms with van der Waals surface area (Å²) in [4.78, 5) is 12.8. The molecule has 0 aromatic heterocycles. The number of thioether (sulfide) groups is 1. The van der Waals surface area contributed by atoms with Crippen LogP contribution in [-0.2, 0) is 9.53 Å². The Bertz CT molecular complexity index is 573. The van der Waals surface area contributed by atoms with Gasteiger partial charge in [0.2, 0.25) is 0 Å². The molecule has 0 spiro atoms. The standard InChI is InChI=1S/C21H32O2SSe/c1-8-23-18(21(6,7)19(22)24-9-2)17(15-20(3,4)5)25-16-13-11-10-12-14-16/h10-15,18H,8-9H2,1-7H3/b17-15-. The van der Waals surface area contributed by atoms with Gasteiger partial charge in [-0.3, -0.25) is 0 Å². The van der Waals surface area contributed by atoms with E-state index in [9.17, 15) is 4.79 Å². The topological polar surface area (TPSA) is 26.3 Å². The van der Waals surface area contributed by atoms with E-state index in [4.69, 9.17) is 4.74 Å². The van der Waals surface area contributed by atoms with Crippen molar-refractivity contribution in [2.45, 2.75) is 54.6 Å². The molecule has 0 bridgehead atoms. The number of carbonyl (C=O) groups excluding carboxylic acids is 1. The fraction of sp³-hybridized carbons (Fsp3) is 0.571. The quantitative estimate of drug-likeness (QED) is 0.565. The molecule has 1 aromatic rings. The first-order valence-corrected chi connectivity index (χ1v) is 11.6. The van der Waals surface area contributed by atoms with Gasteiger partial charge in [-0.25, -0.2) is 0 Å². The van der Waals surface area contributed by atoms with Crippen molar-refractivity contribution >= 4 is 36.3 Å². The van der Waals surface area contributed by atoms with Crippen LogP contribution in [0.25, 0.3) is 0 Å². The van der Waals surface area contributed by atoms with Gasteiger partial charge in [0.1, 0.15) is 0 Å². The second-order valence-corrected chi connectivity index (χ2v) is 11.2. The van der Waals surface area contributed by atoms with Crippen molar-refractivity contribution in [1.29, 1.82) is 0 Å². The van der Waals surface area contributed by atoms with Crippen molar-refractivity contribution in [3.05, 3.63) is 40.9 Å². The van der Waals surface area contributed by atoms with Gasteiger partial charge >= 0.3 is 164 Å². The third-order valence-electron chi connectivity index (χ3n) is 3.60. The van der Waals surface area contributed by atoms with Crippen molar-refractivity contribution in [2.75, 3.05) is 12.4 Å². The van der Waals surface area contributed by atoms with Gasteiger partial charge in [0.15, 0.2) is 0 Å². The van der Waals surface area contributed by atoms with Gasteiger partial charge in [0.25, 0.3) is 0 Å². The first-order valence-electron chi connectivity index (χ1n) is 8.86. The van der Waals surface area contributed by atoms with Crippen LogP contribution in [0.15, 0.2) is 40.9 Å². The summed E-state index contributed by atoms with van der Waals surface area (Å²) in [6.07, 6.45) is 2.12. The van der Waals surface area contributed by atoms with Gasteiger partial charge in [0.05, 0.1) is 0 Å². The molecular formula is C21H32O2SSe. The maximum atomic E-state index is 12.8. The molecule has 140 valence electrons. The number of allylic oxidation sites excluding steroid dienone is 1. The summed E-state index contributed by atoms with van der Waals surface area (Å²) in [7, 11) is 0. The van der Waals surface area contributed by atoms with Gasteiger partial charge in [-0.2, -0.15) is 0 Å². The third kappa shape index (κ3) is 7.30. The van der Waals surface area contributed by atoms with Crippen LogP contribution in [0, 0.1) is 10.8 Å². The molecule has 0 saturated carbocycles. The zero-order valence-corrected chi connectivity index (χ0v) is 19.1. The zero-order valence-electron chi connectivity index (χ0n) is 16.6. The number of hydrogen-bond acceptors (Lipinski definition) is 3. The molecule has 1 atom stereocenters. The van der Waals surface area contributed by atoms with E-state index in [0.29, 0.717) is 6.61 Å². The summed E-state index contributed by atoms with van der Waals surface area (Å²) >= 11 is 1.52. The molecule has 0 N–H and O–H groups in total. The second-order valence-electron chi connectivity index (χ2n) is 7.61. The minimum absolute atomic E-state index is 0.0399. The van der Waals surface area contributed by atoms with Gasteiger partial charge < -0.3 is 0 Å². The molecule has 0 fully saturated rings. The van der Waals surface area contributed by atoms with E-state index in [0.717, 1.165) is 5.75 Å². The fourth-order valence-electron chi connectivity index (χ4n) is 2.45. The van der Waals surface area contributed by atoms with E-state index in [-0.39, 0.29) is 31.6 Å². The first kappa shape index (κ1) is 22.5. The predicted octanol–water partition coefficient (Wildman–Crippen LogP) is 4.66. The molecule has 25 heavy (non-hydrogen) atoms. The summed E-state index contributed by atoms with van der Waals surface area (Å²) in [6, 6.07) is 10.5. The summed E-state index contributed by atoms with van der Waals surface area (Å²) in [5, 5.41) is 0.206. The van der Waals surface area contributed by atoms with E-state index in [1.54, 1.807) is 0 Å². The molecule has 1 aromatic carbocycles. The van der Waals surface area contributed by atoms with Gasteiger partial charge in [-0.15, -0.1) is 0 Å². The Labute approximate surface area is 164 Å². The van der Waals surface area contributed by atoms with Crippen LogP contribution in [0.4, 0.5) is 0 Å². The number of rotatable bonds is 8. The van der Waals surface area contributed by atoms with E-state index in [1.165, 1.54) is 20.7 Å². The molecule has 4 heteroatoms. The Morgan fingerprint density at radius 3 is 2.24 bits per heavy atom. The van der Waals surface area contributed by atoms with Gasteiger partial charge in [-0.1, -0.05) is 0 Å². The third-order valence-corrected chi connectivity index (χ3v) is 6.94. The zero-order chi connectivity index (χ0) is 19.1. The van der Waals surface area contributed by atoms with Crippen LogP contribution in [-0.4, -0.2) is 38.5 Å². The molecule has 0 aliphatic heterocycles. The number of carbonyl (C=O) groups is 1. The minimum atomic E-state index is -0.551. The molecule has 1 unspecified atom stereocenters. The van der Waals surface area contributed by atoms with Crippen LogP contribution in [0.3, 0.4) is 0 Å². The molecule has 0 heterocycles. The normalized spacial score (nSPS) is 14.4. The van der Waals surface area contributed by atoms with E-state index >= 15 is 0 Å². The molecule has 0 radical (unpaired) electrons. The Kier molecular flexibility index (Phi) is 8.97. The molecule has 1 rings (SSSR count). The maximum absolute atomic E-state index is 12.8. The molecule has 0 aliphatic rings. The van der Waals surface area contributed by atoms with Crippen LogP contribution < -0.4 is 4.46 Å².